The van der Waals surface area contributed by atoms with Crippen LogP contribution in [0.4, 0.5) is 0 Å². The molecular formula is C13H20N2. The van der Waals surface area contributed by atoms with Crippen molar-refractivity contribution in [2.45, 2.75) is 33.4 Å². The van der Waals surface area contributed by atoms with Gasteiger partial charge in [0.15, 0.2) is 0 Å². The van der Waals surface area contributed by atoms with Gasteiger partial charge in [-0.3, -0.25) is 0 Å². The molecule has 2 heterocycles. The Kier molecular flexibility index (Phi) is 4.22. The Morgan fingerprint density at radius 2 is 2.20 bits per heavy atom. The van der Waals surface area contributed by atoms with Gasteiger partial charge in [-0.25, -0.2) is 0 Å². The second-order valence-corrected chi connectivity index (χ2v) is 3.51. The van der Waals surface area contributed by atoms with Crippen molar-refractivity contribution in [1.29, 1.82) is 0 Å². The standard InChI is InChI=1S/C11H14N2.C2H6/c1-9(2)7-10-8-12-11-5-3-4-6-13(10)11;1-2/h3-6,8,11-12H,1,7H2,2H3;1-2H3. The van der Waals surface area contributed by atoms with E-state index in [0.29, 0.717) is 6.17 Å². The van der Waals surface area contributed by atoms with E-state index in [1.165, 1.54) is 11.3 Å². The average molecular weight is 204 g/mol. The monoisotopic (exact) mass is 204 g/mol. The van der Waals surface area contributed by atoms with E-state index in [1.807, 2.05) is 13.8 Å². The largest absolute Gasteiger partial charge is 0.366 e. The molecule has 82 valence electrons. The minimum absolute atomic E-state index is 0.319. The summed E-state index contributed by atoms with van der Waals surface area (Å²) in [5.74, 6) is 0. The molecule has 15 heavy (non-hydrogen) atoms. The number of nitrogens with one attached hydrogen (secondary N) is 1. The van der Waals surface area contributed by atoms with Crippen molar-refractivity contribution in [3.63, 3.8) is 0 Å². The Bertz CT molecular complexity index is 310. The molecule has 2 rings (SSSR count). The molecule has 2 nitrogen and oxygen atoms in total. The van der Waals surface area contributed by atoms with Crippen molar-refractivity contribution in [2.75, 3.05) is 0 Å². The maximum atomic E-state index is 3.92. The van der Waals surface area contributed by atoms with E-state index >= 15 is 0 Å². The first-order valence-corrected chi connectivity index (χ1v) is 5.50. The molecule has 0 bridgehead atoms. The van der Waals surface area contributed by atoms with Gasteiger partial charge >= 0.3 is 0 Å². The van der Waals surface area contributed by atoms with Crippen LogP contribution in [0.1, 0.15) is 27.2 Å². The zero-order valence-corrected chi connectivity index (χ0v) is 9.83. The molecule has 0 aromatic carbocycles. The Morgan fingerprint density at radius 1 is 1.47 bits per heavy atom. The Hall–Kier alpha value is -1.44. The van der Waals surface area contributed by atoms with Crippen LogP contribution in [0.5, 0.6) is 0 Å². The smallest absolute Gasteiger partial charge is 0.122 e. The molecule has 0 amide bonds. The lowest BCUT2D eigenvalue weighted by molar-refractivity contribution is 0.394. The third-order valence-electron chi connectivity index (χ3n) is 2.19. The molecule has 0 aliphatic carbocycles. The summed E-state index contributed by atoms with van der Waals surface area (Å²) in [6, 6.07) is 0. The zero-order valence-electron chi connectivity index (χ0n) is 9.83. The van der Waals surface area contributed by atoms with Gasteiger partial charge in [-0.15, -0.1) is 0 Å². The molecule has 1 unspecified atom stereocenters. The van der Waals surface area contributed by atoms with Crippen LogP contribution in [0.25, 0.3) is 0 Å². The highest BCUT2D eigenvalue weighted by Crippen LogP contribution is 2.23. The van der Waals surface area contributed by atoms with Gasteiger partial charge in [0, 0.05) is 24.5 Å². The summed E-state index contributed by atoms with van der Waals surface area (Å²) in [7, 11) is 0. The summed E-state index contributed by atoms with van der Waals surface area (Å²) >= 11 is 0. The second kappa shape index (κ2) is 5.44. The quantitative estimate of drug-likeness (QED) is 0.695. The van der Waals surface area contributed by atoms with E-state index < -0.39 is 0 Å². The number of nitrogens with zero attached hydrogens (tertiary/aromatic N) is 1. The van der Waals surface area contributed by atoms with Crippen LogP contribution in [0.15, 0.2) is 48.5 Å². The fourth-order valence-corrected chi connectivity index (χ4v) is 1.62. The number of rotatable bonds is 2. The number of allylic oxidation sites excluding steroid dienone is 3. The Balaban J connectivity index is 0.000000531. The molecule has 2 heteroatoms. The first-order chi connectivity index (χ1) is 7.27. The minimum Gasteiger partial charge on any atom is -0.366 e. The van der Waals surface area contributed by atoms with Gasteiger partial charge in [-0.2, -0.15) is 0 Å². The van der Waals surface area contributed by atoms with E-state index in [4.69, 9.17) is 0 Å². The SMILES string of the molecule is C=C(C)CC1=CNC2C=CC=CN12.CC. The second-order valence-electron chi connectivity index (χ2n) is 3.51. The topological polar surface area (TPSA) is 15.3 Å². The van der Waals surface area contributed by atoms with Crippen LogP contribution in [0, 0.1) is 0 Å². The van der Waals surface area contributed by atoms with E-state index in [2.05, 4.69) is 54.3 Å². The molecule has 1 N–H and O–H groups in total. The van der Waals surface area contributed by atoms with Gasteiger partial charge in [-0.1, -0.05) is 32.1 Å². The molecule has 0 saturated carbocycles. The molecule has 0 fully saturated rings. The maximum Gasteiger partial charge on any atom is 0.122 e. The number of hydrogen-bond acceptors (Lipinski definition) is 2. The third kappa shape index (κ3) is 2.75. The van der Waals surface area contributed by atoms with E-state index in [1.54, 1.807) is 0 Å². The summed E-state index contributed by atoms with van der Waals surface area (Å²) in [4.78, 5) is 2.23. The van der Waals surface area contributed by atoms with E-state index in [0.717, 1.165) is 6.42 Å². The molecule has 0 saturated heterocycles. The van der Waals surface area contributed by atoms with Gasteiger partial charge in [0.2, 0.25) is 0 Å². The van der Waals surface area contributed by atoms with Crippen LogP contribution in [0.2, 0.25) is 0 Å². The lowest BCUT2D eigenvalue weighted by atomic mass is 10.2. The fraction of sp³-hybridized carbons (Fsp3) is 0.385. The van der Waals surface area contributed by atoms with Gasteiger partial charge in [0.1, 0.15) is 6.17 Å². The maximum absolute atomic E-state index is 3.92. The fourth-order valence-electron chi connectivity index (χ4n) is 1.62. The highest BCUT2D eigenvalue weighted by Gasteiger charge is 2.22. The molecule has 0 spiro atoms. The number of fused-ring (bicyclic) bond motifs is 1. The molecule has 0 aromatic heterocycles. The predicted octanol–water partition coefficient (Wildman–Crippen LogP) is 3.14. The molecule has 0 aromatic rings. The molecule has 0 radical (unpaired) electrons. The zero-order chi connectivity index (χ0) is 11.3. The van der Waals surface area contributed by atoms with E-state index in [-0.39, 0.29) is 0 Å². The average Bonchev–Trinajstić information content (AvgIpc) is 2.64. The summed E-state index contributed by atoms with van der Waals surface area (Å²) < 4.78 is 0. The molecule has 1 atom stereocenters. The summed E-state index contributed by atoms with van der Waals surface area (Å²) in [6.45, 7) is 9.97. The lowest BCUT2D eigenvalue weighted by Gasteiger charge is -2.25. The van der Waals surface area contributed by atoms with Crippen molar-refractivity contribution >= 4 is 0 Å². The normalized spacial score (nSPS) is 21.1. The highest BCUT2D eigenvalue weighted by atomic mass is 15.3. The number of hydrogen-bond donors (Lipinski definition) is 1. The minimum atomic E-state index is 0.319. The van der Waals surface area contributed by atoms with Crippen molar-refractivity contribution < 1.29 is 0 Å². The van der Waals surface area contributed by atoms with Crippen molar-refractivity contribution in [1.82, 2.24) is 10.2 Å². The lowest BCUT2D eigenvalue weighted by Crippen LogP contribution is -2.32. The van der Waals surface area contributed by atoms with E-state index in [9.17, 15) is 0 Å². The van der Waals surface area contributed by atoms with Gasteiger partial charge in [0.05, 0.1) is 0 Å². The molecular weight excluding hydrogens is 184 g/mol. The van der Waals surface area contributed by atoms with Crippen molar-refractivity contribution in [2.24, 2.45) is 0 Å². The van der Waals surface area contributed by atoms with Crippen LogP contribution in [0.3, 0.4) is 0 Å². The van der Waals surface area contributed by atoms with Crippen LogP contribution >= 0.6 is 0 Å². The van der Waals surface area contributed by atoms with Crippen LogP contribution in [-0.2, 0) is 0 Å². The van der Waals surface area contributed by atoms with Gasteiger partial charge in [0.25, 0.3) is 0 Å². The van der Waals surface area contributed by atoms with Gasteiger partial charge < -0.3 is 10.2 Å². The highest BCUT2D eigenvalue weighted by molar-refractivity contribution is 5.26. The summed E-state index contributed by atoms with van der Waals surface area (Å²) in [5.41, 5.74) is 2.48. The van der Waals surface area contributed by atoms with Crippen LogP contribution in [-0.4, -0.2) is 11.1 Å². The predicted molar refractivity (Wildman–Crippen MR) is 65.9 cm³/mol. The Labute approximate surface area is 92.7 Å². The first kappa shape index (κ1) is 11.6. The molecule has 2 aliphatic rings. The molecule has 2 aliphatic heterocycles. The Morgan fingerprint density at radius 3 is 2.87 bits per heavy atom. The third-order valence-corrected chi connectivity index (χ3v) is 2.19. The first-order valence-electron chi connectivity index (χ1n) is 5.50. The van der Waals surface area contributed by atoms with Gasteiger partial charge in [-0.05, 0) is 19.1 Å². The summed E-state index contributed by atoms with van der Waals surface area (Å²) in [5, 5.41) is 3.30. The van der Waals surface area contributed by atoms with Crippen LogP contribution < -0.4 is 5.32 Å². The van der Waals surface area contributed by atoms with Crippen molar-refractivity contribution in [3.05, 3.63) is 48.5 Å². The summed E-state index contributed by atoms with van der Waals surface area (Å²) in [6.07, 6.45) is 11.7. The van der Waals surface area contributed by atoms with Crippen molar-refractivity contribution in [3.8, 4) is 0 Å².